The highest BCUT2D eigenvalue weighted by atomic mass is 15.0. The molecule has 0 radical (unpaired) electrons. The minimum Gasteiger partial charge on any atom is -0.309 e. The lowest BCUT2D eigenvalue weighted by Gasteiger charge is -2.11. The number of fused-ring (bicyclic) bond motifs is 9. The summed E-state index contributed by atoms with van der Waals surface area (Å²) in [6.45, 7) is 0. The van der Waals surface area contributed by atoms with Crippen LogP contribution in [0.25, 0.3) is 122 Å². The summed E-state index contributed by atoms with van der Waals surface area (Å²) in [5, 5.41) is 9.79. The van der Waals surface area contributed by atoms with Gasteiger partial charge in [0.2, 0.25) is 0 Å². The van der Waals surface area contributed by atoms with Crippen LogP contribution in [0.4, 0.5) is 0 Å². The molecule has 13 aromatic rings. The summed E-state index contributed by atoms with van der Waals surface area (Å²) < 4.78 is 4.74. The summed E-state index contributed by atoms with van der Waals surface area (Å²) >= 11 is 0. The highest BCUT2D eigenvalue weighted by Gasteiger charge is 2.20. The molecule has 0 saturated carbocycles. The highest BCUT2D eigenvalue weighted by Crippen LogP contribution is 2.41. The Morgan fingerprint density at radius 1 is 0.266 bits per heavy atom. The standard InChI is InChI=1S/C59H37N5/c1-3-15-41(16-4-1)57-60-58(62-59(61-57)49-23-13-25-52-56(49)48-22-11-12-24-51(48)63(52)45-19-5-2-6-20-45)42-28-26-38(27-29-42)39-30-33-46(34-31-39)64-53-35-32-40-14-9-10-21-47(40)55(53)50-36-43-17-7-8-18-44(43)37-54(50)64/h1-37H. The van der Waals surface area contributed by atoms with Crippen molar-refractivity contribution in [1.82, 2.24) is 24.1 Å². The number of rotatable bonds is 6. The largest absolute Gasteiger partial charge is 0.309 e. The Morgan fingerprint density at radius 3 is 1.53 bits per heavy atom. The fourth-order valence-corrected chi connectivity index (χ4v) is 9.77. The van der Waals surface area contributed by atoms with Gasteiger partial charge in [-0.25, -0.2) is 15.0 Å². The third kappa shape index (κ3) is 5.75. The van der Waals surface area contributed by atoms with Gasteiger partial charge in [0.25, 0.3) is 0 Å². The Labute approximate surface area is 368 Å². The monoisotopic (exact) mass is 815 g/mol. The molecule has 5 heteroatoms. The number of nitrogens with zero attached hydrogens (tertiary/aromatic N) is 5. The molecule has 298 valence electrons. The van der Waals surface area contributed by atoms with Crippen LogP contribution in [-0.2, 0) is 0 Å². The van der Waals surface area contributed by atoms with Crippen LogP contribution >= 0.6 is 0 Å². The Morgan fingerprint density at radius 2 is 0.781 bits per heavy atom. The first-order valence-electron chi connectivity index (χ1n) is 21.7. The van der Waals surface area contributed by atoms with E-state index in [1.165, 1.54) is 43.4 Å². The van der Waals surface area contributed by atoms with E-state index in [0.29, 0.717) is 17.5 Å². The molecule has 0 atom stereocenters. The van der Waals surface area contributed by atoms with Crippen LogP contribution in [0.2, 0.25) is 0 Å². The summed E-state index contributed by atoms with van der Waals surface area (Å²) in [6.07, 6.45) is 0. The van der Waals surface area contributed by atoms with Crippen LogP contribution in [-0.4, -0.2) is 24.1 Å². The van der Waals surface area contributed by atoms with E-state index in [4.69, 9.17) is 15.0 Å². The summed E-state index contributed by atoms with van der Waals surface area (Å²) in [4.78, 5) is 15.5. The van der Waals surface area contributed by atoms with Crippen LogP contribution in [0, 0.1) is 0 Å². The first kappa shape index (κ1) is 36.0. The zero-order valence-electron chi connectivity index (χ0n) is 34.6. The van der Waals surface area contributed by atoms with E-state index in [1.807, 2.05) is 18.2 Å². The topological polar surface area (TPSA) is 48.5 Å². The van der Waals surface area contributed by atoms with Gasteiger partial charge in [-0.15, -0.1) is 0 Å². The predicted octanol–water partition coefficient (Wildman–Crippen LogP) is 15.0. The molecule has 0 aliphatic carbocycles. The minimum atomic E-state index is 0.626. The van der Waals surface area contributed by atoms with Gasteiger partial charge in [0.05, 0.1) is 22.1 Å². The van der Waals surface area contributed by atoms with Crippen molar-refractivity contribution in [2.75, 3.05) is 0 Å². The van der Waals surface area contributed by atoms with Gasteiger partial charge < -0.3 is 9.13 Å². The Balaban J connectivity index is 0.907. The third-order valence-corrected chi connectivity index (χ3v) is 12.7. The lowest BCUT2D eigenvalue weighted by molar-refractivity contribution is 1.08. The molecule has 0 unspecified atom stereocenters. The number of hydrogen-bond acceptors (Lipinski definition) is 3. The van der Waals surface area contributed by atoms with Crippen LogP contribution in [0.5, 0.6) is 0 Å². The van der Waals surface area contributed by atoms with Crippen molar-refractivity contribution in [2.24, 2.45) is 0 Å². The molecule has 0 aliphatic rings. The molecule has 0 fully saturated rings. The van der Waals surface area contributed by atoms with Crippen LogP contribution < -0.4 is 0 Å². The van der Waals surface area contributed by atoms with Crippen molar-refractivity contribution in [2.45, 2.75) is 0 Å². The molecule has 0 aliphatic heterocycles. The van der Waals surface area contributed by atoms with Crippen molar-refractivity contribution < 1.29 is 0 Å². The molecule has 5 nitrogen and oxygen atoms in total. The highest BCUT2D eigenvalue weighted by molar-refractivity contribution is 6.23. The van der Waals surface area contributed by atoms with Crippen LogP contribution in [0.1, 0.15) is 0 Å². The quantitative estimate of drug-likeness (QED) is 0.168. The van der Waals surface area contributed by atoms with Gasteiger partial charge in [-0.1, -0.05) is 170 Å². The minimum absolute atomic E-state index is 0.626. The number of hydrogen-bond donors (Lipinski definition) is 0. The molecule has 0 spiro atoms. The fourth-order valence-electron chi connectivity index (χ4n) is 9.77. The second-order valence-electron chi connectivity index (χ2n) is 16.4. The second-order valence-corrected chi connectivity index (χ2v) is 16.4. The zero-order chi connectivity index (χ0) is 42.1. The first-order chi connectivity index (χ1) is 31.7. The molecule has 10 aromatic carbocycles. The molecule has 3 heterocycles. The van der Waals surface area contributed by atoms with Gasteiger partial charge in [-0.05, 0) is 87.3 Å². The summed E-state index contributed by atoms with van der Waals surface area (Å²) in [7, 11) is 0. The molecule has 0 N–H and O–H groups in total. The van der Waals surface area contributed by atoms with Crippen molar-refractivity contribution in [1.29, 1.82) is 0 Å². The number of aromatic nitrogens is 5. The normalized spacial score (nSPS) is 11.8. The third-order valence-electron chi connectivity index (χ3n) is 12.7. The van der Waals surface area contributed by atoms with Gasteiger partial charge in [0.1, 0.15) is 0 Å². The van der Waals surface area contributed by atoms with Gasteiger partial charge in [-0.2, -0.15) is 0 Å². The molecule has 0 amide bonds. The SMILES string of the molecule is c1ccc(-c2nc(-c3ccc(-c4ccc(-n5c6cc7ccccc7cc6c6c7ccccc7ccc65)cc4)cc3)nc(-c3cccc4c3c3ccccc3n4-c3ccccc3)n2)cc1. The van der Waals surface area contributed by atoms with E-state index in [1.54, 1.807) is 0 Å². The number of para-hydroxylation sites is 2. The molecule has 13 rings (SSSR count). The lowest BCUT2D eigenvalue weighted by atomic mass is 10.0. The smallest absolute Gasteiger partial charge is 0.164 e. The summed E-state index contributed by atoms with van der Waals surface area (Å²) in [5.41, 5.74) is 11.9. The molecular formula is C59H37N5. The first-order valence-corrected chi connectivity index (χ1v) is 21.7. The molecular weight excluding hydrogens is 779 g/mol. The maximum Gasteiger partial charge on any atom is 0.164 e. The number of benzene rings is 10. The second kappa shape index (κ2) is 14.5. The van der Waals surface area contributed by atoms with Gasteiger partial charge in [-0.3, -0.25) is 0 Å². The van der Waals surface area contributed by atoms with Gasteiger partial charge in [0.15, 0.2) is 17.5 Å². The maximum absolute atomic E-state index is 5.23. The summed E-state index contributed by atoms with van der Waals surface area (Å²) in [5.74, 6) is 1.90. The Bertz CT molecular complexity index is 3920. The van der Waals surface area contributed by atoms with Crippen LogP contribution in [0.15, 0.2) is 224 Å². The van der Waals surface area contributed by atoms with E-state index < -0.39 is 0 Å². The average molecular weight is 816 g/mol. The summed E-state index contributed by atoms with van der Waals surface area (Å²) in [6, 6.07) is 79.8. The molecule has 0 saturated heterocycles. The van der Waals surface area contributed by atoms with Crippen molar-refractivity contribution >= 4 is 65.2 Å². The van der Waals surface area contributed by atoms with Gasteiger partial charge in [0, 0.05) is 49.6 Å². The Hall–Kier alpha value is -8.67. The molecule has 0 bridgehead atoms. The predicted molar refractivity (Wildman–Crippen MR) is 265 cm³/mol. The zero-order valence-corrected chi connectivity index (χ0v) is 34.6. The molecule has 3 aromatic heterocycles. The van der Waals surface area contributed by atoms with Crippen molar-refractivity contribution in [3.05, 3.63) is 224 Å². The van der Waals surface area contributed by atoms with Crippen molar-refractivity contribution in [3.63, 3.8) is 0 Å². The van der Waals surface area contributed by atoms with E-state index in [9.17, 15) is 0 Å². The van der Waals surface area contributed by atoms with E-state index in [-0.39, 0.29) is 0 Å². The van der Waals surface area contributed by atoms with Crippen molar-refractivity contribution in [3.8, 4) is 56.7 Å². The average Bonchev–Trinajstić information content (AvgIpc) is 3.89. The fraction of sp³-hybridized carbons (Fsp3) is 0. The van der Waals surface area contributed by atoms with E-state index in [2.05, 4.69) is 215 Å². The molecule has 64 heavy (non-hydrogen) atoms. The van der Waals surface area contributed by atoms with Crippen LogP contribution in [0.3, 0.4) is 0 Å². The van der Waals surface area contributed by atoms with E-state index >= 15 is 0 Å². The Kier molecular flexibility index (Phi) is 8.15. The lowest BCUT2D eigenvalue weighted by Crippen LogP contribution is -2.00. The maximum atomic E-state index is 5.23. The van der Waals surface area contributed by atoms with E-state index in [0.717, 1.165) is 61.0 Å². The van der Waals surface area contributed by atoms with Gasteiger partial charge >= 0.3 is 0 Å².